The molecule has 0 unspecified atom stereocenters. The lowest BCUT2D eigenvalue weighted by molar-refractivity contribution is -0.114. The summed E-state index contributed by atoms with van der Waals surface area (Å²) in [5.74, 6) is -0.590. The molecule has 0 aliphatic heterocycles. The van der Waals surface area contributed by atoms with Gasteiger partial charge in [0.25, 0.3) is 5.91 Å². The minimum absolute atomic E-state index is 0.121. The maximum absolute atomic E-state index is 12.1. The Morgan fingerprint density at radius 1 is 1.25 bits per heavy atom. The lowest BCUT2D eigenvalue weighted by atomic mass is 10.3. The van der Waals surface area contributed by atoms with E-state index in [1.54, 1.807) is 19.1 Å². The molecule has 0 atom stereocenters. The van der Waals surface area contributed by atoms with Gasteiger partial charge in [-0.05, 0) is 19.1 Å². The molecule has 4 N–H and O–H groups in total. The first kappa shape index (κ1) is 14.2. The summed E-state index contributed by atoms with van der Waals surface area (Å²) < 4.78 is 0. The number of carbonyl (C=O) groups excluding carboxylic acids is 2. The third-order valence-corrected chi connectivity index (χ3v) is 3.54. The molecular weight excluding hydrogens is 276 g/mol. The summed E-state index contributed by atoms with van der Waals surface area (Å²) in [4.78, 5) is 27.9. The summed E-state index contributed by atoms with van der Waals surface area (Å²) in [6.07, 6.45) is 0. The molecule has 0 saturated heterocycles. The highest BCUT2D eigenvalue weighted by Crippen LogP contribution is 2.23. The van der Waals surface area contributed by atoms with Crippen LogP contribution in [0.25, 0.3) is 0 Å². The van der Waals surface area contributed by atoms with Crippen molar-refractivity contribution in [1.82, 2.24) is 4.98 Å². The second-order valence-electron chi connectivity index (χ2n) is 4.01. The Balaban J connectivity index is 2.12. The van der Waals surface area contributed by atoms with Crippen molar-refractivity contribution in [3.05, 3.63) is 40.9 Å². The molecule has 2 aromatic rings. The van der Waals surface area contributed by atoms with Crippen molar-refractivity contribution < 1.29 is 9.59 Å². The van der Waals surface area contributed by atoms with Crippen molar-refractivity contribution in [2.45, 2.75) is 6.92 Å². The molecule has 6 nitrogen and oxygen atoms in total. The maximum atomic E-state index is 12.1. The van der Waals surface area contributed by atoms with E-state index in [4.69, 9.17) is 5.73 Å². The lowest BCUT2D eigenvalue weighted by Gasteiger charge is -2.02. The molecule has 1 aromatic carbocycles. The van der Waals surface area contributed by atoms with Gasteiger partial charge in [0, 0.05) is 5.69 Å². The molecule has 2 amide bonds. The van der Waals surface area contributed by atoms with Gasteiger partial charge < -0.3 is 16.4 Å². The molecule has 0 bridgehead atoms. The number of anilines is 2. The Morgan fingerprint density at radius 2 is 1.95 bits per heavy atom. The van der Waals surface area contributed by atoms with Gasteiger partial charge in [0.15, 0.2) is 5.13 Å². The van der Waals surface area contributed by atoms with E-state index in [1.165, 1.54) is 0 Å². The van der Waals surface area contributed by atoms with Gasteiger partial charge in [-0.3, -0.25) is 9.59 Å². The first-order chi connectivity index (χ1) is 9.60. The van der Waals surface area contributed by atoms with Gasteiger partial charge in [0.2, 0.25) is 5.91 Å². The predicted octanol–water partition coefficient (Wildman–Crippen LogP) is 1.60. The molecule has 7 heteroatoms. The Morgan fingerprint density at radius 3 is 2.60 bits per heavy atom. The van der Waals surface area contributed by atoms with Crippen molar-refractivity contribution in [2.24, 2.45) is 5.73 Å². The van der Waals surface area contributed by atoms with Crippen LogP contribution in [0, 0.1) is 6.92 Å². The molecule has 0 aliphatic rings. The SMILES string of the molecule is Cc1nc(NC(=O)CN)sc1C(=O)Nc1ccccc1. The van der Waals surface area contributed by atoms with Gasteiger partial charge in [-0.2, -0.15) is 0 Å². The molecule has 0 radical (unpaired) electrons. The average Bonchev–Trinajstić information content (AvgIpc) is 2.80. The van der Waals surface area contributed by atoms with Gasteiger partial charge in [-0.15, -0.1) is 0 Å². The van der Waals surface area contributed by atoms with Crippen molar-refractivity contribution in [1.29, 1.82) is 0 Å². The molecule has 0 fully saturated rings. The van der Waals surface area contributed by atoms with Crippen LogP contribution in [0.2, 0.25) is 0 Å². The van der Waals surface area contributed by atoms with Crippen LogP contribution in [0.4, 0.5) is 10.8 Å². The van der Waals surface area contributed by atoms with Crippen LogP contribution in [-0.2, 0) is 4.79 Å². The number of rotatable bonds is 4. The van der Waals surface area contributed by atoms with Crippen LogP contribution in [0.5, 0.6) is 0 Å². The maximum Gasteiger partial charge on any atom is 0.267 e. The minimum atomic E-state index is -0.339. The van der Waals surface area contributed by atoms with Crippen LogP contribution in [0.1, 0.15) is 15.4 Å². The van der Waals surface area contributed by atoms with Gasteiger partial charge in [-0.1, -0.05) is 29.5 Å². The van der Waals surface area contributed by atoms with Crippen molar-refractivity contribution in [3.63, 3.8) is 0 Å². The van der Waals surface area contributed by atoms with Gasteiger partial charge in [-0.25, -0.2) is 4.98 Å². The summed E-state index contributed by atoms with van der Waals surface area (Å²) in [5.41, 5.74) is 6.48. The first-order valence-corrected chi connectivity index (χ1v) is 6.75. The normalized spacial score (nSPS) is 10.1. The molecule has 2 rings (SSSR count). The molecular formula is C13H14N4O2S. The number of aryl methyl sites for hydroxylation is 1. The summed E-state index contributed by atoms with van der Waals surface area (Å²) >= 11 is 1.12. The Hall–Kier alpha value is -2.25. The summed E-state index contributed by atoms with van der Waals surface area (Å²) in [7, 11) is 0. The van der Waals surface area contributed by atoms with Crippen LogP contribution in [-0.4, -0.2) is 23.3 Å². The summed E-state index contributed by atoms with van der Waals surface area (Å²) in [5, 5.41) is 5.68. The monoisotopic (exact) mass is 290 g/mol. The predicted molar refractivity (Wildman–Crippen MR) is 78.9 cm³/mol. The van der Waals surface area contributed by atoms with Crippen molar-refractivity contribution in [2.75, 3.05) is 17.2 Å². The number of nitrogens with one attached hydrogen (secondary N) is 2. The average molecular weight is 290 g/mol. The molecule has 20 heavy (non-hydrogen) atoms. The zero-order chi connectivity index (χ0) is 14.5. The van der Waals surface area contributed by atoms with E-state index in [0.29, 0.717) is 21.4 Å². The first-order valence-electron chi connectivity index (χ1n) is 5.94. The molecule has 0 saturated carbocycles. The molecule has 1 heterocycles. The van der Waals surface area contributed by atoms with E-state index in [-0.39, 0.29) is 18.4 Å². The van der Waals surface area contributed by atoms with Crippen LogP contribution >= 0.6 is 11.3 Å². The quantitative estimate of drug-likeness (QED) is 0.796. The number of aromatic nitrogens is 1. The number of carbonyl (C=O) groups is 2. The van der Waals surface area contributed by atoms with Gasteiger partial charge in [0.1, 0.15) is 4.88 Å². The highest BCUT2D eigenvalue weighted by molar-refractivity contribution is 7.17. The zero-order valence-corrected chi connectivity index (χ0v) is 11.7. The number of benzene rings is 1. The third-order valence-electron chi connectivity index (χ3n) is 2.47. The van der Waals surface area contributed by atoms with Crippen LogP contribution < -0.4 is 16.4 Å². The smallest absolute Gasteiger partial charge is 0.267 e. The number of nitrogens with zero attached hydrogens (tertiary/aromatic N) is 1. The third kappa shape index (κ3) is 3.40. The lowest BCUT2D eigenvalue weighted by Crippen LogP contribution is -2.21. The highest BCUT2D eigenvalue weighted by atomic mass is 32.1. The fraction of sp³-hybridized carbons (Fsp3) is 0.154. The fourth-order valence-corrected chi connectivity index (χ4v) is 2.42. The second kappa shape index (κ2) is 6.27. The zero-order valence-electron chi connectivity index (χ0n) is 10.8. The molecule has 0 spiro atoms. The van der Waals surface area contributed by atoms with Crippen LogP contribution in [0.3, 0.4) is 0 Å². The number of hydrogen-bond acceptors (Lipinski definition) is 5. The van der Waals surface area contributed by atoms with Crippen molar-refractivity contribution in [3.8, 4) is 0 Å². The summed E-state index contributed by atoms with van der Waals surface area (Å²) in [6.45, 7) is 1.60. The number of hydrogen-bond donors (Lipinski definition) is 3. The van der Waals surface area contributed by atoms with Gasteiger partial charge >= 0.3 is 0 Å². The minimum Gasteiger partial charge on any atom is -0.322 e. The highest BCUT2D eigenvalue weighted by Gasteiger charge is 2.16. The van der Waals surface area contributed by atoms with E-state index in [0.717, 1.165) is 11.3 Å². The number of amides is 2. The van der Waals surface area contributed by atoms with Crippen LogP contribution in [0.15, 0.2) is 30.3 Å². The van der Waals surface area contributed by atoms with Gasteiger partial charge in [0.05, 0.1) is 12.2 Å². The van der Waals surface area contributed by atoms with E-state index < -0.39 is 0 Å². The largest absolute Gasteiger partial charge is 0.322 e. The number of thiazole rings is 1. The fourth-order valence-electron chi connectivity index (χ4n) is 1.54. The topological polar surface area (TPSA) is 97.1 Å². The second-order valence-corrected chi connectivity index (χ2v) is 5.01. The van der Waals surface area contributed by atoms with E-state index in [9.17, 15) is 9.59 Å². The molecule has 104 valence electrons. The Bertz CT molecular complexity index is 625. The Kier molecular flexibility index (Phi) is 4.44. The number of para-hydroxylation sites is 1. The standard InChI is InChI=1S/C13H14N4O2S/c1-8-11(20-13(15-8)17-10(18)7-14)12(19)16-9-5-3-2-4-6-9/h2-6H,7,14H2,1H3,(H,16,19)(H,15,17,18). The van der Waals surface area contributed by atoms with E-state index >= 15 is 0 Å². The molecule has 0 aliphatic carbocycles. The van der Waals surface area contributed by atoms with E-state index in [1.807, 2.05) is 18.2 Å². The molecule has 1 aromatic heterocycles. The van der Waals surface area contributed by atoms with E-state index in [2.05, 4.69) is 15.6 Å². The summed E-state index contributed by atoms with van der Waals surface area (Å²) in [6, 6.07) is 9.13. The number of nitrogens with two attached hydrogens (primary N) is 1. The Labute approximate surface area is 120 Å². The van der Waals surface area contributed by atoms with Crippen molar-refractivity contribution >= 4 is 34.0 Å².